The maximum Gasteiger partial charge on any atom is 0.115 e. The summed E-state index contributed by atoms with van der Waals surface area (Å²) in [5.74, 6) is 0.342. The molecule has 2 bridgehead atoms. The molecule has 0 aliphatic carbocycles. The summed E-state index contributed by atoms with van der Waals surface area (Å²) in [5, 5.41) is 12.7. The lowest BCUT2D eigenvalue weighted by Crippen LogP contribution is -2.67. The summed E-state index contributed by atoms with van der Waals surface area (Å²) >= 11 is 0. The number of fused-ring (bicyclic) bond motifs is 2. The van der Waals surface area contributed by atoms with Gasteiger partial charge in [0.1, 0.15) is 5.75 Å². The topological polar surface area (TPSA) is 35.5 Å². The van der Waals surface area contributed by atoms with Gasteiger partial charge in [-0.3, -0.25) is 0 Å². The molecule has 3 aliphatic rings. The Morgan fingerprint density at radius 3 is 2.29 bits per heavy atom. The predicted molar refractivity (Wildman–Crippen MR) is 55.6 cm³/mol. The van der Waals surface area contributed by atoms with Crippen molar-refractivity contribution in [3.8, 4) is 5.75 Å². The number of phenols is 1. The van der Waals surface area contributed by atoms with Crippen LogP contribution in [0.4, 0.5) is 5.69 Å². The van der Waals surface area contributed by atoms with Crippen LogP contribution in [0.2, 0.25) is 0 Å². The highest BCUT2D eigenvalue weighted by atomic mass is 16.3. The number of phenolic OH excluding ortho intramolecular Hbond substituents is 1. The third kappa shape index (κ3) is 1.24. The number of piperidine rings is 1. The minimum atomic E-state index is 0.342. The molecule has 3 heterocycles. The number of piperazine rings is 1. The lowest BCUT2D eigenvalue weighted by atomic mass is 9.91. The zero-order valence-corrected chi connectivity index (χ0v) is 7.98. The molecular formula is C11H14N2O. The molecule has 2 N–H and O–H groups in total. The van der Waals surface area contributed by atoms with Gasteiger partial charge in [0.2, 0.25) is 0 Å². The molecule has 74 valence electrons. The maximum atomic E-state index is 9.18. The molecule has 0 saturated carbocycles. The molecule has 2 atom stereocenters. The van der Waals surface area contributed by atoms with Gasteiger partial charge in [0.05, 0.1) is 0 Å². The normalized spacial score (nSPS) is 29.9. The molecule has 0 aromatic heterocycles. The average Bonchev–Trinajstić information content (AvgIpc) is 2.18. The Hall–Kier alpha value is -1.22. The second-order valence-electron chi connectivity index (χ2n) is 4.22. The first kappa shape index (κ1) is 8.12. The molecule has 3 nitrogen and oxygen atoms in total. The minimum Gasteiger partial charge on any atom is -0.508 e. The van der Waals surface area contributed by atoms with Gasteiger partial charge in [0.15, 0.2) is 0 Å². The molecule has 0 radical (unpaired) electrons. The Balaban J connectivity index is 1.79. The average molecular weight is 190 g/mol. The van der Waals surface area contributed by atoms with Crippen molar-refractivity contribution in [2.45, 2.75) is 18.5 Å². The number of hydrogen-bond donors (Lipinski definition) is 2. The molecule has 1 aromatic carbocycles. The van der Waals surface area contributed by atoms with E-state index in [1.807, 2.05) is 12.1 Å². The van der Waals surface area contributed by atoms with E-state index in [1.54, 1.807) is 12.1 Å². The second kappa shape index (κ2) is 2.89. The molecule has 3 aliphatic heterocycles. The fourth-order valence-electron chi connectivity index (χ4n) is 2.39. The summed E-state index contributed by atoms with van der Waals surface area (Å²) in [6.07, 6.45) is 1.33. The Bertz CT molecular complexity index is 320. The predicted octanol–water partition coefficient (Wildman–Crippen LogP) is 0.943. The van der Waals surface area contributed by atoms with Crippen LogP contribution in [0, 0.1) is 0 Å². The molecule has 1 aromatic rings. The number of aromatic hydroxyl groups is 1. The summed E-state index contributed by atoms with van der Waals surface area (Å²) in [5.41, 5.74) is 1.22. The molecule has 4 rings (SSSR count). The monoisotopic (exact) mass is 190 g/mol. The van der Waals surface area contributed by atoms with Crippen molar-refractivity contribution >= 4 is 5.69 Å². The third-order valence-corrected chi connectivity index (χ3v) is 3.14. The molecule has 0 spiro atoms. The first-order valence-electron chi connectivity index (χ1n) is 5.11. The van der Waals surface area contributed by atoms with Crippen molar-refractivity contribution in [3.05, 3.63) is 24.3 Å². The van der Waals surface area contributed by atoms with Crippen LogP contribution in [0.15, 0.2) is 24.3 Å². The quantitative estimate of drug-likeness (QED) is 0.692. The van der Waals surface area contributed by atoms with Crippen LogP contribution in [-0.2, 0) is 0 Å². The number of anilines is 1. The van der Waals surface area contributed by atoms with Crippen LogP contribution in [0.1, 0.15) is 6.42 Å². The summed E-state index contributed by atoms with van der Waals surface area (Å²) < 4.78 is 0. The van der Waals surface area contributed by atoms with Gasteiger partial charge in [-0.2, -0.15) is 0 Å². The van der Waals surface area contributed by atoms with Gasteiger partial charge in [-0.25, -0.2) is 0 Å². The first-order chi connectivity index (χ1) is 6.81. The number of nitrogens with zero attached hydrogens (tertiary/aromatic N) is 1. The summed E-state index contributed by atoms with van der Waals surface area (Å²) in [7, 11) is 0. The molecule has 2 unspecified atom stereocenters. The van der Waals surface area contributed by atoms with Crippen molar-refractivity contribution in [1.29, 1.82) is 0 Å². The van der Waals surface area contributed by atoms with E-state index in [2.05, 4.69) is 10.2 Å². The largest absolute Gasteiger partial charge is 0.508 e. The Kier molecular flexibility index (Phi) is 1.67. The standard InChI is InChI=1S/C11H14N2O/c14-11-3-1-10(2-4-11)13-6-8-5-9(7-13)12-8/h1-4,8-9,12,14H,5-7H2. The van der Waals surface area contributed by atoms with E-state index in [0.29, 0.717) is 17.8 Å². The smallest absolute Gasteiger partial charge is 0.115 e. The Morgan fingerprint density at radius 2 is 1.71 bits per heavy atom. The van der Waals surface area contributed by atoms with Gasteiger partial charge in [0.25, 0.3) is 0 Å². The van der Waals surface area contributed by atoms with Gasteiger partial charge < -0.3 is 15.3 Å². The van der Waals surface area contributed by atoms with Crippen LogP contribution >= 0.6 is 0 Å². The Morgan fingerprint density at radius 1 is 1.14 bits per heavy atom. The maximum absolute atomic E-state index is 9.18. The highest BCUT2D eigenvalue weighted by Crippen LogP contribution is 2.26. The van der Waals surface area contributed by atoms with Crippen molar-refractivity contribution < 1.29 is 5.11 Å². The van der Waals surface area contributed by atoms with E-state index in [9.17, 15) is 5.11 Å². The number of benzene rings is 1. The molecule has 14 heavy (non-hydrogen) atoms. The third-order valence-electron chi connectivity index (χ3n) is 3.14. The van der Waals surface area contributed by atoms with Crippen LogP contribution in [0.25, 0.3) is 0 Å². The fraction of sp³-hybridized carbons (Fsp3) is 0.455. The van der Waals surface area contributed by atoms with Crippen LogP contribution < -0.4 is 10.2 Å². The van der Waals surface area contributed by atoms with Gasteiger partial charge in [-0.05, 0) is 30.7 Å². The lowest BCUT2D eigenvalue weighted by molar-refractivity contribution is 0.226. The van der Waals surface area contributed by atoms with Crippen molar-refractivity contribution in [2.24, 2.45) is 0 Å². The number of hydrogen-bond acceptors (Lipinski definition) is 3. The molecule has 0 amide bonds. The zero-order chi connectivity index (χ0) is 9.54. The molecule has 3 saturated heterocycles. The zero-order valence-electron chi connectivity index (χ0n) is 7.98. The SMILES string of the molecule is Oc1ccc(N2CC3CC(C2)N3)cc1. The van der Waals surface area contributed by atoms with Gasteiger partial charge >= 0.3 is 0 Å². The number of rotatable bonds is 1. The summed E-state index contributed by atoms with van der Waals surface area (Å²) in [6.45, 7) is 2.20. The Labute approximate surface area is 83.3 Å². The minimum absolute atomic E-state index is 0.342. The van der Waals surface area contributed by atoms with Crippen molar-refractivity contribution in [1.82, 2.24) is 5.32 Å². The van der Waals surface area contributed by atoms with Gasteiger partial charge in [-0.15, -0.1) is 0 Å². The first-order valence-corrected chi connectivity index (χ1v) is 5.11. The highest BCUT2D eigenvalue weighted by molar-refractivity contribution is 5.50. The summed E-state index contributed by atoms with van der Waals surface area (Å²) in [6, 6.07) is 8.84. The van der Waals surface area contributed by atoms with Crippen molar-refractivity contribution in [2.75, 3.05) is 18.0 Å². The van der Waals surface area contributed by atoms with E-state index in [0.717, 1.165) is 13.1 Å². The van der Waals surface area contributed by atoms with E-state index >= 15 is 0 Å². The molecule has 3 heteroatoms. The molecular weight excluding hydrogens is 176 g/mol. The molecule has 3 fully saturated rings. The second-order valence-corrected chi connectivity index (χ2v) is 4.22. The van der Waals surface area contributed by atoms with Crippen LogP contribution in [-0.4, -0.2) is 30.3 Å². The summed E-state index contributed by atoms with van der Waals surface area (Å²) in [4.78, 5) is 2.38. The van der Waals surface area contributed by atoms with E-state index in [4.69, 9.17) is 0 Å². The van der Waals surface area contributed by atoms with Gasteiger partial charge in [0, 0.05) is 30.9 Å². The van der Waals surface area contributed by atoms with E-state index in [-0.39, 0.29) is 0 Å². The van der Waals surface area contributed by atoms with E-state index in [1.165, 1.54) is 12.1 Å². The fourth-order valence-corrected chi connectivity index (χ4v) is 2.39. The van der Waals surface area contributed by atoms with Gasteiger partial charge in [-0.1, -0.05) is 0 Å². The van der Waals surface area contributed by atoms with Crippen molar-refractivity contribution in [3.63, 3.8) is 0 Å². The van der Waals surface area contributed by atoms with E-state index < -0.39 is 0 Å². The number of nitrogens with one attached hydrogen (secondary N) is 1. The van der Waals surface area contributed by atoms with Crippen LogP contribution in [0.3, 0.4) is 0 Å². The highest BCUT2D eigenvalue weighted by Gasteiger charge is 2.36. The van der Waals surface area contributed by atoms with Crippen LogP contribution in [0.5, 0.6) is 5.75 Å². The lowest BCUT2D eigenvalue weighted by Gasteiger charge is -2.49.